The molecule has 0 saturated heterocycles. The van der Waals surface area contributed by atoms with E-state index in [2.05, 4.69) is 0 Å². The van der Waals surface area contributed by atoms with Crippen molar-refractivity contribution in [1.29, 1.82) is 0 Å². The topological polar surface area (TPSA) is 89.6 Å². The molecule has 0 aliphatic heterocycles. The van der Waals surface area contributed by atoms with Gasteiger partial charge in [-0.3, -0.25) is 9.59 Å². The molecular weight excluding hydrogens is 222 g/mol. The number of ether oxygens (including phenoxy) is 1. The van der Waals surface area contributed by atoms with Gasteiger partial charge in [0.2, 0.25) is 0 Å². The van der Waals surface area contributed by atoms with Crippen molar-refractivity contribution in [3.05, 3.63) is 0 Å². The SMILES string of the molecule is CC(=O)OC(C)(C)C.CC(C)C[C@@H](N)C(=O)O. The van der Waals surface area contributed by atoms with Gasteiger partial charge in [-0.1, -0.05) is 13.8 Å². The van der Waals surface area contributed by atoms with E-state index in [9.17, 15) is 9.59 Å². The van der Waals surface area contributed by atoms with Gasteiger partial charge in [-0.05, 0) is 33.1 Å². The second kappa shape index (κ2) is 8.06. The highest BCUT2D eigenvalue weighted by atomic mass is 16.6. The van der Waals surface area contributed by atoms with Crippen LogP contribution in [0, 0.1) is 5.92 Å². The summed E-state index contributed by atoms with van der Waals surface area (Å²) < 4.78 is 4.80. The Balaban J connectivity index is 0. The maximum absolute atomic E-state index is 10.2. The first kappa shape index (κ1) is 18.3. The minimum Gasteiger partial charge on any atom is -0.480 e. The van der Waals surface area contributed by atoms with Crippen LogP contribution in [0.5, 0.6) is 0 Å². The van der Waals surface area contributed by atoms with Crippen molar-refractivity contribution >= 4 is 11.9 Å². The van der Waals surface area contributed by atoms with Crippen molar-refractivity contribution in [3.8, 4) is 0 Å². The fourth-order valence-corrected chi connectivity index (χ4v) is 1.04. The normalized spacial score (nSPS) is 12.5. The third-order valence-corrected chi connectivity index (χ3v) is 1.49. The Hall–Kier alpha value is -1.10. The van der Waals surface area contributed by atoms with Gasteiger partial charge in [0, 0.05) is 6.92 Å². The molecule has 102 valence electrons. The van der Waals surface area contributed by atoms with Crippen LogP contribution in [0.4, 0.5) is 0 Å². The molecule has 0 aromatic rings. The predicted molar refractivity (Wildman–Crippen MR) is 66.6 cm³/mol. The first-order chi connectivity index (χ1) is 7.45. The number of rotatable bonds is 3. The highest BCUT2D eigenvalue weighted by Gasteiger charge is 2.12. The third-order valence-electron chi connectivity index (χ3n) is 1.49. The first-order valence-electron chi connectivity index (χ1n) is 5.63. The molecule has 0 aliphatic carbocycles. The van der Waals surface area contributed by atoms with Gasteiger partial charge < -0.3 is 15.6 Å². The van der Waals surface area contributed by atoms with Crippen LogP contribution in [-0.2, 0) is 14.3 Å². The molecular formula is C12H25NO4. The van der Waals surface area contributed by atoms with E-state index < -0.39 is 12.0 Å². The second-order valence-corrected chi connectivity index (χ2v) is 5.28. The van der Waals surface area contributed by atoms with Crippen molar-refractivity contribution in [1.82, 2.24) is 0 Å². The molecule has 0 heterocycles. The lowest BCUT2D eigenvalue weighted by molar-refractivity contribution is -0.151. The van der Waals surface area contributed by atoms with Crippen LogP contribution in [0.3, 0.4) is 0 Å². The van der Waals surface area contributed by atoms with E-state index in [1.54, 1.807) is 0 Å². The van der Waals surface area contributed by atoms with Gasteiger partial charge in [0.1, 0.15) is 11.6 Å². The molecule has 5 nitrogen and oxygen atoms in total. The van der Waals surface area contributed by atoms with Gasteiger partial charge in [0.25, 0.3) is 0 Å². The quantitative estimate of drug-likeness (QED) is 0.742. The minimum absolute atomic E-state index is 0.225. The van der Waals surface area contributed by atoms with E-state index in [4.69, 9.17) is 15.6 Å². The van der Waals surface area contributed by atoms with Crippen molar-refractivity contribution in [2.75, 3.05) is 0 Å². The third kappa shape index (κ3) is 17.5. The number of hydrogen-bond donors (Lipinski definition) is 2. The average molecular weight is 247 g/mol. The standard InChI is InChI=1S/C6H13NO2.C6H12O2/c1-4(2)3-5(7)6(8)9;1-5(7)8-6(2,3)4/h4-5H,3,7H2,1-2H3,(H,8,9);1-4H3/t5-;/m1./s1. The van der Waals surface area contributed by atoms with Gasteiger partial charge >= 0.3 is 11.9 Å². The Morgan fingerprint density at radius 1 is 1.29 bits per heavy atom. The summed E-state index contributed by atoms with van der Waals surface area (Å²) in [5, 5.41) is 8.31. The van der Waals surface area contributed by atoms with Gasteiger partial charge in [0.05, 0.1) is 0 Å². The van der Waals surface area contributed by atoms with E-state index in [1.165, 1.54) is 6.92 Å². The zero-order chi connectivity index (χ0) is 14.2. The summed E-state index contributed by atoms with van der Waals surface area (Å²) in [5.41, 5.74) is 4.89. The number of aliphatic carboxylic acids is 1. The van der Waals surface area contributed by atoms with Gasteiger partial charge in [-0.2, -0.15) is 0 Å². The van der Waals surface area contributed by atoms with Crippen molar-refractivity contribution in [2.45, 2.75) is 59.6 Å². The zero-order valence-corrected chi connectivity index (χ0v) is 11.6. The molecule has 5 heteroatoms. The summed E-state index contributed by atoms with van der Waals surface area (Å²) in [5.74, 6) is -0.780. The lowest BCUT2D eigenvalue weighted by Crippen LogP contribution is -2.31. The summed E-state index contributed by atoms with van der Waals surface area (Å²) in [4.78, 5) is 20.3. The Morgan fingerprint density at radius 2 is 1.71 bits per heavy atom. The molecule has 0 bridgehead atoms. The lowest BCUT2D eigenvalue weighted by atomic mass is 10.1. The summed E-state index contributed by atoms with van der Waals surface area (Å²) in [6.07, 6.45) is 0.551. The molecule has 0 unspecified atom stereocenters. The van der Waals surface area contributed by atoms with Crippen molar-refractivity contribution in [3.63, 3.8) is 0 Å². The highest BCUT2D eigenvalue weighted by Crippen LogP contribution is 2.05. The predicted octanol–water partition coefficient (Wildman–Crippen LogP) is 1.79. The molecule has 0 aromatic carbocycles. The number of carboxylic acid groups (broad SMARTS) is 1. The molecule has 0 aliphatic rings. The second-order valence-electron chi connectivity index (χ2n) is 5.28. The van der Waals surface area contributed by atoms with Crippen molar-refractivity contribution in [2.24, 2.45) is 11.7 Å². The average Bonchev–Trinajstić information content (AvgIpc) is 1.98. The Morgan fingerprint density at radius 3 is 1.76 bits per heavy atom. The van der Waals surface area contributed by atoms with Gasteiger partial charge in [-0.25, -0.2) is 0 Å². The van der Waals surface area contributed by atoms with Crippen LogP contribution in [0.2, 0.25) is 0 Å². The zero-order valence-electron chi connectivity index (χ0n) is 11.6. The van der Waals surface area contributed by atoms with E-state index in [1.807, 2.05) is 34.6 Å². The number of esters is 1. The maximum Gasteiger partial charge on any atom is 0.320 e. The number of carboxylic acids is 1. The van der Waals surface area contributed by atoms with E-state index in [0.29, 0.717) is 12.3 Å². The minimum atomic E-state index is -0.913. The smallest absolute Gasteiger partial charge is 0.320 e. The van der Waals surface area contributed by atoms with E-state index >= 15 is 0 Å². The molecule has 1 atom stereocenters. The molecule has 0 fully saturated rings. The summed E-state index contributed by atoms with van der Waals surface area (Å²) in [6.45, 7) is 10.8. The van der Waals surface area contributed by atoms with Crippen LogP contribution in [0.25, 0.3) is 0 Å². The summed E-state index contributed by atoms with van der Waals surface area (Å²) in [6, 6.07) is -0.690. The fraction of sp³-hybridized carbons (Fsp3) is 0.833. The first-order valence-corrected chi connectivity index (χ1v) is 5.63. The largest absolute Gasteiger partial charge is 0.480 e. The number of carbonyl (C=O) groups excluding carboxylic acids is 1. The van der Waals surface area contributed by atoms with Crippen molar-refractivity contribution < 1.29 is 19.4 Å². The Labute approximate surface area is 103 Å². The van der Waals surface area contributed by atoms with E-state index in [0.717, 1.165) is 0 Å². The maximum atomic E-state index is 10.2. The Kier molecular flexibility index (Phi) is 8.66. The molecule has 0 amide bonds. The fourth-order valence-electron chi connectivity index (χ4n) is 1.04. The molecule has 0 aromatic heterocycles. The molecule has 0 rings (SSSR count). The van der Waals surface area contributed by atoms with Gasteiger partial charge in [0.15, 0.2) is 0 Å². The van der Waals surface area contributed by atoms with Crippen LogP contribution < -0.4 is 5.73 Å². The molecule has 17 heavy (non-hydrogen) atoms. The van der Waals surface area contributed by atoms with E-state index in [-0.39, 0.29) is 11.6 Å². The van der Waals surface area contributed by atoms with Crippen LogP contribution in [0.15, 0.2) is 0 Å². The summed E-state index contributed by atoms with van der Waals surface area (Å²) in [7, 11) is 0. The molecule has 3 N–H and O–H groups in total. The van der Waals surface area contributed by atoms with Crippen LogP contribution in [-0.4, -0.2) is 28.7 Å². The van der Waals surface area contributed by atoms with Gasteiger partial charge in [-0.15, -0.1) is 0 Å². The van der Waals surface area contributed by atoms with Crippen LogP contribution >= 0.6 is 0 Å². The molecule has 0 saturated carbocycles. The number of carbonyl (C=O) groups is 2. The molecule has 0 radical (unpaired) electrons. The van der Waals surface area contributed by atoms with Crippen LogP contribution in [0.1, 0.15) is 48.0 Å². The number of nitrogens with two attached hydrogens (primary N) is 1. The monoisotopic (exact) mass is 247 g/mol. The highest BCUT2D eigenvalue weighted by molar-refractivity contribution is 5.72. The lowest BCUT2D eigenvalue weighted by Gasteiger charge is -2.17. The molecule has 0 spiro atoms. The number of hydrogen-bond acceptors (Lipinski definition) is 4. The Bertz CT molecular complexity index is 243. The summed E-state index contributed by atoms with van der Waals surface area (Å²) >= 11 is 0.